The van der Waals surface area contributed by atoms with Gasteiger partial charge in [-0.25, -0.2) is 8.78 Å². The Morgan fingerprint density at radius 2 is 1.74 bits per heavy atom. The number of hydrogen-bond donors (Lipinski definition) is 1. The van der Waals surface area contributed by atoms with Crippen LogP contribution in [0.4, 0.5) is 8.78 Å². The molecule has 0 aliphatic heterocycles. The first-order chi connectivity index (χ1) is 8.69. The van der Waals surface area contributed by atoms with E-state index in [4.69, 9.17) is 0 Å². The van der Waals surface area contributed by atoms with E-state index in [1.807, 2.05) is 27.7 Å². The number of nitrogens with one attached hydrogen (secondary N) is 1. The van der Waals surface area contributed by atoms with E-state index >= 15 is 0 Å². The van der Waals surface area contributed by atoms with Crippen molar-refractivity contribution >= 4 is 5.91 Å². The highest BCUT2D eigenvalue weighted by atomic mass is 19.3. The molecular formula is C15H25F2NO. The molecule has 0 radical (unpaired) electrons. The van der Waals surface area contributed by atoms with Crippen LogP contribution in [0.5, 0.6) is 0 Å². The van der Waals surface area contributed by atoms with Gasteiger partial charge in [0.2, 0.25) is 5.91 Å². The van der Waals surface area contributed by atoms with Gasteiger partial charge in [-0.2, -0.15) is 0 Å². The minimum absolute atomic E-state index is 0.191. The highest BCUT2D eigenvalue weighted by Crippen LogP contribution is 2.51. The molecule has 0 spiro atoms. The standard InChI is InChI=1S/C13H19F2NO.C2H6/c1-9(2)5-6-12(3,4)16-11(17)13(7-8-13)10(14)15;1-2/h9-10H,7-8H2,1-4H3,(H,16,17);1-2H3. The second-order valence-electron chi connectivity index (χ2n) is 5.46. The van der Waals surface area contributed by atoms with Gasteiger partial charge in [-0.15, -0.1) is 0 Å². The van der Waals surface area contributed by atoms with Crippen LogP contribution >= 0.6 is 0 Å². The summed E-state index contributed by atoms with van der Waals surface area (Å²) in [6, 6.07) is 0. The van der Waals surface area contributed by atoms with Crippen molar-refractivity contribution in [3.8, 4) is 11.8 Å². The van der Waals surface area contributed by atoms with Gasteiger partial charge in [0.1, 0.15) is 5.41 Å². The first-order valence-corrected chi connectivity index (χ1v) is 6.83. The average molecular weight is 273 g/mol. The highest BCUT2D eigenvalue weighted by Gasteiger charge is 2.58. The molecule has 0 unspecified atom stereocenters. The Hall–Kier alpha value is -1.11. The van der Waals surface area contributed by atoms with E-state index in [2.05, 4.69) is 17.2 Å². The van der Waals surface area contributed by atoms with E-state index in [1.165, 1.54) is 0 Å². The fourth-order valence-electron chi connectivity index (χ4n) is 1.44. The third kappa shape index (κ3) is 5.18. The quantitative estimate of drug-likeness (QED) is 0.782. The van der Waals surface area contributed by atoms with Gasteiger partial charge in [-0.05, 0) is 26.7 Å². The molecule has 0 aromatic carbocycles. The second-order valence-corrected chi connectivity index (χ2v) is 5.46. The molecule has 0 aromatic rings. The molecule has 2 nitrogen and oxygen atoms in total. The SMILES string of the molecule is CC.CC(C)C#CC(C)(C)NC(=O)C1(C(F)F)CC1. The van der Waals surface area contributed by atoms with Crippen LogP contribution in [0.1, 0.15) is 54.4 Å². The summed E-state index contributed by atoms with van der Waals surface area (Å²) < 4.78 is 25.4. The zero-order valence-corrected chi connectivity index (χ0v) is 12.7. The zero-order chi connectivity index (χ0) is 15.3. The van der Waals surface area contributed by atoms with Crippen molar-refractivity contribution in [2.45, 2.75) is 66.3 Å². The zero-order valence-electron chi connectivity index (χ0n) is 12.7. The lowest BCUT2D eigenvalue weighted by Crippen LogP contribution is -2.47. The molecule has 1 N–H and O–H groups in total. The largest absolute Gasteiger partial charge is 0.340 e. The fourth-order valence-corrected chi connectivity index (χ4v) is 1.44. The smallest absolute Gasteiger partial charge is 0.252 e. The van der Waals surface area contributed by atoms with Crippen molar-refractivity contribution in [2.24, 2.45) is 11.3 Å². The van der Waals surface area contributed by atoms with E-state index in [0.717, 1.165) is 0 Å². The van der Waals surface area contributed by atoms with Crippen molar-refractivity contribution in [2.75, 3.05) is 0 Å². The summed E-state index contributed by atoms with van der Waals surface area (Å²) in [4.78, 5) is 11.8. The van der Waals surface area contributed by atoms with Gasteiger partial charge in [0.25, 0.3) is 6.43 Å². The van der Waals surface area contributed by atoms with Crippen molar-refractivity contribution in [3.63, 3.8) is 0 Å². The summed E-state index contributed by atoms with van der Waals surface area (Å²) in [5.41, 5.74) is -2.21. The van der Waals surface area contributed by atoms with Crippen molar-refractivity contribution in [1.82, 2.24) is 5.32 Å². The lowest BCUT2D eigenvalue weighted by atomic mass is 10.0. The summed E-state index contributed by atoms with van der Waals surface area (Å²) in [5, 5.41) is 2.60. The molecule has 0 atom stereocenters. The van der Waals surface area contributed by atoms with Gasteiger partial charge in [-0.3, -0.25) is 4.79 Å². The van der Waals surface area contributed by atoms with Crippen LogP contribution < -0.4 is 5.32 Å². The maximum absolute atomic E-state index is 12.7. The predicted molar refractivity (Wildman–Crippen MR) is 73.9 cm³/mol. The molecule has 1 fully saturated rings. The lowest BCUT2D eigenvalue weighted by molar-refractivity contribution is -0.133. The molecule has 1 aliphatic carbocycles. The monoisotopic (exact) mass is 273 g/mol. The Labute approximate surface area is 115 Å². The van der Waals surface area contributed by atoms with Crippen LogP contribution in [-0.2, 0) is 4.79 Å². The molecule has 1 amide bonds. The fraction of sp³-hybridized carbons (Fsp3) is 0.800. The number of halogens is 2. The molecule has 0 bridgehead atoms. The summed E-state index contributed by atoms with van der Waals surface area (Å²) in [7, 11) is 0. The first-order valence-electron chi connectivity index (χ1n) is 6.83. The Morgan fingerprint density at radius 1 is 1.26 bits per heavy atom. The van der Waals surface area contributed by atoms with Crippen molar-refractivity contribution in [3.05, 3.63) is 0 Å². The summed E-state index contributed by atoms with van der Waals surface area (Å²) in [5.74, 6) is 5.46. The van der Waals surface area contributed by atoms with Crippen molar-refractivity contribution in [1.29, 1.82) is 0 Å². The maximum Gasteiger partial charge on any atom is 0.252 e. The van der Waals surface area contributed by atoms with Crippen molar-refractivity contribution < 1.29 is 13.6 Å². The molecule has 1 rings (SSSR count). The number of alkyl halides is 2. The molecule has 110 valence electrons. The minimum atomic E-state index is -2.59. The van der Waals surface area contributed by atoms with Gasteiger partial charge < -0.3 is 5.32 Å². The van der Waals surface area contributed by atoms with Crippen LogP contribution in [0, 0.1) is 23.2 Å². The number of rotatable bonds is 3. The Morgan fingerprint density at radius 3 is 2.05 bits per heavy atom. The molecule has 4 heteroatoms. The minimum Gasteiger partial charge on any atom is -0.340 e. The van der Waals surface area contributed by atoms with E-state index < -0.39 is 23.3 Å². The van der Waals surface area contributed by atoms with Crippen LogP contribution in [-0.4, -0.2) is 17.9 Å². The molecule has 19 heavy (non-hydrogen) atoms. The molecule has 0 saturated heterocycles. The van der Waals surface area contributed by atoms with Gasteiger partial charge in [-0.1, -0.05) is 39.5 Å². The van der Waals surface area contributed by atoms with Gasteiger partial charge in [0, 0.05) is 5.92 Å². The third-order valence-electron chi connectivity index (χ3n) is 2.76. The predicted octanol–water partition coefficient (Wildman–Crippen LogP) is 3.61. The number of amides is 1. The molecular weight excluding hydrogens is 248 g/mol. The van der Waals surface area contributed by atoms with E-state index in [1.54, 1.807) is 13.8 Å². The summed E-state index contributed by atoms with van der Waals surface area (Å²) >= 11 is 0. The average Bonchev–Trinajstić information content (AvgIpc) is 3.10. The molecule has 0 heterocycles. The van der Waals surface area contributed by atoms with E-state index in [9.17, 15) is 13.6 Å². The highest BCUT2D eigenvalue weighted by molar-refractivity contribution is 5.86. The molecule has 1 saturated carbocycles. The number of carbonyl (C=O) groups is 1. The van der Waals surface area contributed by atoms with Crippen LogP contribution in [0.2, 0.25) is 0 Å². The molecule has 1 aliphatic rings. The van der Waals surface area contributed by atoms with Crippen LogP contribution in [0.25, 0.3) is 0 Å². The number of carbonyl (C=O) groups excluding carboxylic acids is 1. The maximum atomic E-state index is 12.7. The van der Waals surface area contributed by atoms with Gasteiger partial charge >= 0.3 is 0 Å². The Kier molecular flexibility index (Phi) is 6.48. The summed E-state index contributed by atoms with van der Waals surface area (Å²) in [6.07, 6.45) is -2.05. The molecule has 0 aromatic heterocycles. The Bertz CT molecular complexity index is 360. The van der Waals surface area contributed by atoms with Crippen LogP contribution in [0.15, 0.2) is 0 Å². The lowest BCUT2D eigenvalue weighted by Gasteiger charge is -2.23. The van der Waals surface area contributed by atoms with Gasteiger partial charge in [0.15, 0.2) is 0 Å². The third-order valence-corrected chi connectivity index (χ3v) is 2.76. The van der Waals surface area contributed by atoms with E-state index in [-0.39, 0.29) is 18.8 Å². The summed E-state index contributed by atoms with van der Waals surface area (Å²) in [6.45, 7) is 11.3. The first kappa shape index (κ1) is 17.9. The van der Waals surface area contributed by atoms with Gasteiger partial charge in [0.05, 0.1) is 5.54 Å². The normalized spacial score (nSPS) is 16.1. The van der Waals surface area contributed by atoms with E-state index in [0.29, 0.717) is 0 Å². The van der Waals surface area contributed by atoms with Crippen LogP contribution in [0.3, 0.4) is 0 Å². The number of hydrogen-bond acceptors (Lipinski definition) is 1. The second kappa shape index (κ2) is 6.88. The Balaban J connectivity index is 0.00000154. The topological polar surface area (TPSA) is 29.1 Å².